The molecule has 2 aromatic carbocycles. The number of nitrogen functional groups attached to an aromatic ring is 1. The van der Waals surface area contributed by atoms with Crippen LogP contribution in [0.5, 0.6) is 0 Å². The molecule has 3 rings (SSSR count). The van der Waals surface area contributed by atoms with Crippen molar-refractivity contribution >= 4 is 44.3 Å². The summed E-state index contributed by atoms with van der Waals surface area (Å²) in [6, 6.07) is 11.1. The molecule has 0 bridgehead atoms. The summed E-state index contributed by atoms with van der Waals surface area (Å²) < 4.78 is 16.2. The number of anilines is 1. The highest BCUT2D eigenvalue weighted by atomic mass is 79.9. The molecule has 0 radical (unpaired) electrons. The van der Waals surface area contributed by atoms with Gasteiger partial charge in [0.15, 0.2) is 0 Å². The number of benzene rings is 2. The molecule has 0 aliphatic rings. The minimum atomic E-state index is -0.242. The second-order valence-electron chi connectivity index (χ2n) is 4.81. The van der Waals surface area contributed by atoms with Gasteiger partial charge in [-0.2, -0.15) is 0 Å². The van der Waals surface area contributed by atoms with E-state index in [9.17, 15) is 4.39 Å². The highest BCUT2D eigenvalue weighted by Gasteiger charge is 2.10. The number of rotatable bonds is 3. The third-order valence-corrected chi connectivity index (χ3v) is 5.13. The number of nitrogens with zero attached hydrogens (tertiary/aromatic N) is 1. The van der Waals surface area contributed by atoms with Crippen molar-refractivity contribution in [1.29, 1.82) is 0 Å². The van der Waals surface area contributed by atoms with Gasteiger partial charge >= 0.3 is 0 Å². The average Bonchev–Trinajstić information content (AvgIpc) is 2.86. The van der Waals surface area contributed by atoms with Crippen LogP contribution in [0.2, 0.25) is 0 Å². The Labute approximate surface area is 135 Å². The summed E-state index contributed by atoms with van der Waals surface area (Å²) in [6.07, 6.45) is 4.05. The van der Waals surface area contributed by atoms with E-state index in [0.29, 0.717) is 11.0 Å². The van der Waals surface area contributed by atoms with E-state index < -0.39 is 0 Å². The van der Waals surface area contributed by atoms with Crippen LogP contribution in [0.25, 0.3) is 10.9 Å². The van der Waals surface area contributed by atoms with Crippen LogP contribution in [-0.4, -0.2) is 10.8 Å². The van der Waals surface area contributed by atoms with E-state index in [-0.39, 0.29) is 5.82 Å². The van der Waals surface area contributed by atoms with Crippen LogP contribution in [0.4, 0.5) is 10.1 Å². The third-order valence-electron chi connectivity index (χ3n) is 3.47. The van der Waals surface area contributed by atoms with Crippen molar-refractivity contribution in [2.45, 2.75) is 11.4 Å². The lowest BCUT2D eigenvalue weighted by Gasteiger charge is -2.10. The minimum Gasteiger partial charge on any atom is -0.399 e. The first-order valence-corrected chi connectivity index (χ1v) is 8.47. The van der Waals surface area contributed by atoms with E-state index in [1.807, 2.05) is 30.7 Å². The Balaban J connectivity index is 2.09. The number of halogens is 2. The summed E-state index contributed by atoms with van der Waals surface area (Å²) in [5.41, 5.74) is 8.69. The maximum absolute atomic E-state index is 13.6. The molecule has 0 fully saturated rings. The fraction of sp³-hybridized carbons (Fsp3) is 0.125. The van der Waals surface area contributed by atoms with Crippen molar-refractivity contribution in [2.24, 2.45) is 0 Å². The molecule has 0 saturated heterocycles. The van der Waals surface area contributed by atoms with Crippen molar-refractivity contribution in [3.05, 3.63) is 58.4 Å². The lowest BCUT2D eigenvalue weighted by atomic mass is 10.2. The van der Waals surface area contributed by atoms with Gasteiger partial charge in [-0.3, -0.25) is 0 Å². The Morgan fingerprint density at radius 3 is 2.86 bits per heavy atom. The summed E-state index contributed by atoms with van der Waals surface area (Å²) in [5.74, 6) is -0.242. The average molecular weight is 365 g/mol. The minimum absolute atomic E-state index is 0.242. The fourth-order valence-electron chi connectivity index (χ4n) is 2.44. The van der Waals surface area contributed by atoms with Gasteiger partial charge in [-0.05, 0) is 52.0 Å². The molecule has 0 aliphatic carbocycles. The van der Waals surface area contributed by atoms with Crippen LogP contribution in [0.3, 0.4) is 0 Å². The molecular weight excluding hydrogens is 351 g/mol. The molecule has 0 atom stereocenters. The highest BCUT2D eigenvalue weighted by molar-refractivity contribution is 9.10. The molecule has 0 saturated carbocycles. The maximum Gasteiger partial charge on any atom is 0.137 e. The van der Waals surface area contributed by atoms with Gasteiger partial charge in [-0.1, -0.05) is 12.1 Å². The fourth-order valence-corrected chi connectivity index (χ4v) is 3.48. The first kappa shape index (κ1) is 14.5. The Kier molecular flexibility index (Phi) is 3.95. The summed E-state index contributed by atoms with van der Waals surface area (Å²) in [6.45, 7) is 0.596. The van der Waals surface area contributed by atoms with Gasteiger partial charge in [-0.15, -0.1) is 11.8 Å². The summed E-state index contributed by atoms with van der Waals surface area (Å²) in [4.78, 5) is 1.15. The second kappa shape index (κ2) is 5.73. The Bertz CT molecular complexity index is 813. The lowest BCUT2D eigenvalue weighted by Crippen LogP contribution is -2.00. The third kappa shape index (κ3) is 2.68. The van der Waals surface area contributed by atoms with Crippen LogP contribution in [0.15, 0.2) is 52.0 Å². The molecule has 108 valence electrons. The van der Waals surface area contributed by atoms with Crippen LogP contribution in [0.1, 0.15) is 5.56 Å². The molecule has 2 N–H and O–H groups in total. The van der Waals surface area contributed by atoms with Gasteiger partial charge < -0.3 is 10.3 Å². The largest absolute Gasteiger partial charge is 0.399 e. The molecular formula is C16H14BrFN2S. The van der Waals surface area contributed by atoms with Gasteiger partial charge in [0.25, 0.3) is 0 Å². The van der Waals surface area contributed by atoms with E-state index in [1.54, 1.807) is 17.8 Å². The molecule has 1 heterocycles. The highest BCUT2D eigenvalue weighted by Crippen LogP contribution is 2.31. The molecule has 21 heavy (non-hydrogen) atoms. The van der Waals surface area contributed by atoms with Crippen molar-refractivity contribution in [3.8, 4) is 0 Å². The zero-order chi connectivity index (χ0) is 15.0. The molecule has 0 aliphatic heterocycles. The normalized spacial score (nSPS) is 11.2. The van der Waals surface area contributed by atoms with E-state index in [2.05, 4.69) is 26.6 Å². The van der Waals surface area contributed by atoms with Gasteiger partial charge in [0.2, 0.25) is 0 Å². The summed E-state index contributed by atoms with van der Waals surface area (Å²) >= 11 is 4.99. The van der Waals surface area contributed by atoms with Gasteiger partial charge in [0.1, 0.15) is 5.82 Å². The number of nitrogens with two attached hydrogens (primary N) is 1. The second-order valence-corrected chi connectivity index (χ2v) is 6.45. The van der Waals surface area contributed by atoms with Gasteiger partial charge in [-0.25, -0.2) is 4.39 Å². The Morgan fingerprint density at radius 2 is 2.10 bits per heavy atom. The Hall–Kier alpha value is -1.46. The topological polar surface area (TPSA) is 30.9 Å². The zero-order valence-electron chi connectivity index (χ0n) is 11.4. The maximum atomic E-state index is 13.6. The monoisotopic (exact) mass is 364 g/mol. The number of fused-ring (bicyclic) bond motifs is 1. The number of aromatic nitrogens is 1. The lowest BCUT2D eigenvalue weighted by molar-refractivity contribution is 0.616. The number of thioether (sulfide) groups is 1. The molecule has 2 nitrogen and oxygen atoms in total. The summed E-state index contributed by atoms with van der Waals surface area (Å²) in [7, 11) is 0. The molecule has 3 aromatic rings. The quantitative estimate of drug-likeness (QED) is 0.529. The number of hydrogen-bond acceptors (Lipinski definition) is 2. The Morgan fingerprint density at radius 1 is 1.29 bits per heavy atom. The summed E-state index contributed by atoms with van der Waals surface area (Å²) in [5, 5.41) is 1.17. The van der Waals surface area contributed by atoms with Crippen LogP contribution < -0.4 is 5.73 Å². The molecule has 0 unspecified atom stereocenters. The molecule has 0 spiro atoms. The first-order chi connectivity index (χ1) is 10.1. The molecule has 5 heteroatoms. The van der Waals surface area contributed by atoms with Crippen LogP contribution in [0, 0.1) is 5.82 Å². The van der Waals surface area contributed by atoms with Crippen molar-refractivity contribution in [3.63, 3.8) is 0 Å². The predicted octanol–water partition coefficient (Wildman–Crippen LogP) is 4.90. The zero-order valence-corrected chi connectivity index (χ0v) is 13.8. The van der Waals surface area contributed by atoms with Crippen molar-refractivity contribution in [2.75, 3.05) is 12.0 Å². The predicted molar refractivity (Wildman–Crippen MR) is 91.3 cm³/mol. The number of hydrogen-bond donors (Lipinski definition) is 1. The van der Waals surface area contributed by atoms with Crippen molar-refractivity contribution in [1.82, 2.24) is 4.57 Å². The molecule has 1 aromatic heterocycles. The van der Waals surface area contributed by atoms with Crippen LogP contribution in [-0.2, 0) is 6.54 Å². The molecule has 0 amide bonds. The first-order valence-electron chi connectivity index (χ1n) is 6.45. The standard InChI is InChI=1S/C16H14BrFN2S/c1-21-15-8-11(19)7-14-12(15)5-6-20(14)9-10-3-2-4-13(18)16(10)17/h2-8H,9,19H2,1H3. The van der Waals surface area contributed by atoms with Gasteiger partial charge in [0.05, 0.1) is 9.99 Å². The van der Waals surface area contributed by atoms with E-state index in [1.165, 1.54) is 11.5 Å². The smallest absolute Gasteiger partial charge is 0.137 e. The van der Waals surface area contributed by atoms with E-state index in [4.69, 9.17) is 5.73 Å². The van der Waals surface area contributed by atoms with E-state index >= 15 is 0 Å². The SMILES string of the molecule is CSc1cc(N)cc2c1ccn2Cc1cccc(F)c1Br. The van der Waals surface area contributed by atoms with E-state index in [0.717, 1.165) is 21.7 Å². The van der Waals surface area contributed by atoms with Gasteiger partial charge in [0, 0.05) is 28.7 Å². The van der Waals surface area contributed by atoms with Crippen LogP contribution >= 0.6 is 27.7 Å². The van der Waals surface area contributed by atoms with Crippen molar-refractivity contribution < 1.29 is 4.39 Å².